The molecule has 3 nitrogen and oxygen atoms in total. The van der Waals surface area contributed by atoms with E-state index in [0.717, 1.165) is 35.1 Å². The summed E-state index contributed by atoms with van der Waals surface area (Å²) in [6.07, 6.45) is 0. The fraction of sp³-hybridized carbons (Fsp3) is 0.312. The van der Waals surface area contributed by atoms with Gasteiger partial charge in [-0.2, -0.15) is 0 Å². The molecule has 1 amide bonds. The Labute approximate surface area is 114 Å². The number of nitrogens with two attached hydrogens (primary N) is 1. The van der Waals surface area contributed by atoms with Crippen molar-refractivity contribution in [3.05, 3.63) is 41.5 Å². The maximum atomic E-state index is 11.9. The van der Waals surface area contributed by atoms with Crippen molar-refractivity contribution < 1.29 is 4.79 Å². The highest BCUT2D eigenvalue weighted by Crippen LogP contribution is 2.32. The van der Waals surface area contributed by atoms with E-state index in [1.54, 1.807) is 0 Å². The van der Waals surface area contributed by atoms with Gasteiger partial charge in [0.15, 0.2) is 0 Å². The van der Waals surface area contributed by atoms with Crippen molar-refractivity contribution >= 4 is 22.4 Å². The first kappa shape index (κ1) is 13.4. The Bertz CT molecular complexity index is 615. The van der Waals surface area contributed by atoms with Gasteiger partial charge in [0.25, 0.3) is 5.91 Å². The van der Waals surface area contributed by atoms with Crippen LogP contribution in [0.4, 0.5) is 5.69 Å². The Morgan fingerprint density at radius 1 is 1.21 bits per heavy atom. The van der Waals surface area contributed by atoms with Crippen LogP contribution in [0, 0.1) is 6.92 Å². The van der Waals surface area contributed by atoms with Gasteiger partial charge in [0, 0.05) is 13.1 Å². The number of anilines is 1. The van der Waals surface area contributed by atoms with Crippen LogP contribution in [-0.2, 0) is 0 Å². The van der Waals surface area contributed by atoms with E-state index in [-0.39, 0.29) is 5.91 Å². The van der Waals surface area contributed by atoms with Crippen molar-refractivity contribution in [2.24, 2.45) is 5.73 Å². The van der Waals surface area contributed by atoms with E-state index >= 15 is 0 Å². The fourth-order valence-corrected chi connectivity index (χ4v) is 2.67. The molecule has 0 saturated carbocycles. The van der Waals surface area contributed by atoms with E-state index < -0.39 is 0 Å². The Morgan fingerprint density at radius 2 is 1.84 bits per heavy atom. The molecule has 0 radical (unpaired) electrons. The zero-order chi connectivity index (χ0) is 14.0. The molecule has 0 aliphatic carbocycles. The minimum atomic E-state index is -0.359. The Balaban J connectivity index is 2.85. The van der Waals surface area contributed by atoms with Crippen molar-refractivity contribution in [2.75, 3.05) is 18.0 Å². The van der Waals surface area contributed by atoms with E-state index in [0.29, 0.717) is 5.56 Å². The summed E-state index contributed by atoms with van der Waals surface area (Å²) in [7, 11) is 0. The summed E-state index contributed by atoms with van der Waals surface area (Å²) < 4.78 is 0. The lowest BCUT2D eigenvalue weighted by Gasteiger charge is -2.26. The average molecular weight is 256 g/mol. The van der Waals surface area contributed by atoms with E-state index in [2.05, 4.69) is 24.8 Å². The number of carbonyl (C=O) groups excluding carboxylic acids is 1. The van der Waals surface area contributed by atoms with Crippen LogP contribution in [0.25, 0.3) is 10.8 Å². The molecule has 0 spiro atoms. The standard InChI is InChI=1S/C16H20N2O/c1-4-18(5-2)15-11(3)10-12-8-6-7-9-13(12)14(15)16(17)19/h6-10H,4-5H2,1-3H3,(H2,17,19). The number of nitrogens with zero attached hydrogens (tertiary/aromatic N) is 1. The maximum absolute atomic E-state index is 11.9. The summed E-state index contributed by atoms with van der Waals surface area (Å²) in [6, 6.07) is 10.0. The molecule has 0 aromatic heterocycles. The number of hydrogen-bond acceptors (Lipinski definition) is 2. The van der Waals surface area contributed by atoms with Crippen molar-refractivity contribution in [2.45, 2.75) is 20.8 Å². The molecule has 0 saturated heterocycles. The quantitative estimate of drug-likeness (QED) is 0.913. The third kappa shape index (κ3) is 2.28. The Hall–Kier alpha value is -2.03. The average Bonchev–Trinajstić information content (AvgIpc) is 2.40. The first-order valence-electron chi connectivity index (χ1n) is 6.67. The van der Waals surface area contributed by atoms with Crippen molar-refractivity contribution in [3.8, 4) is 0 Å². The molecule has 0 heterocycles. The van der Waals surface area contributed by atoms with Crippen LogP contribution in [0.1, 0.15) is 29.8 Å². The van der Waals surface area contributed by atoms with Crippen LogP contribution in [0.15, 0.2) is 30.3 Å². The summed E-state index contributed by atoms with van der Waals surface area (Å²) >= 11 is 0. The third-order valence-corrected chi connectivity index (χ3v) is 3.54. The van der Waals surface area contributed by atoms with Gasteiger partial charge in [0.05, 0.1) is 11.3 Å². The van der Waals surface area contributed by atoms with E-state index in [1.165, 1.54) is 0 Å². The van der Waals surface area contributed by atoms with Crippen molar-refractivity contribution in [1.82, 2.24) is 0 Å². The second-order valence-corrected chi connectivity index (χ2v) is 4.67. The molecule has 3 heteroatoms. The van der Waals surface area contributed by atoms with Crippen molar-refractivity contribution in [3.63, 3.8) is 0 Å². The molecule has 0 atom stereocenters. The van der Waals surface area contributed by atoms with Gasteiger partial charge in [0.1, 0.15) is 0 Å². The van der Waals surface area contributed by atoms with Crippen LogP contribution in [-0.4, -0.2) is 19.0 Å². The second kappa shape index (κ2) is 5.31. The lowest BCUT2D eigenvalue weighted by atomic mass is 9.97. The van der Waals surface area contributed by atoms with Crippen LogP contribution in [0.5, 0.6) is 0 Å². The largest absolute Gasteiger partial charge is 0.371 e. The molecule has 0 unspecified atom stereocenters. The van der Waals surface area contributed by atoms with Gasteiger partial charge >= 0.3 is 0 Å². The minimum Gasteiger partial charge on any atom is -0.371 e. The lowest BCUT2D eigenvalue weighted by molar-refractivity contribution is 0.100. The first-order valence-corrected chi connectivity index (χ1v) is 6.67. The van der Waals surface area contributed by atoms with Crippen LogP contribution < -0.4 is 10.6 Å². The zero-order valence-corrected chi connectivity index (χ0v) is 11.7. The number of rotatable bonds is 4. The molecule has 0 aliphatic heterocycles. The molecule has 2 aromatic carbocycles. The normalized spacial score (nSPS) is 10.7. The molecular weight excluding hydrogens is 236 g/mol. The molecule has 2 aromatic rings. The Morgan fingerprint density at radius 3 is 2.42 bits per heavy atom. The molecule has 2 N–H and O–H groups in total. The number of aryl methyl sites for hydroxylation is 1. The zero-order valence-electron chi connectivity index (χ0n) is 11.7. The topological polar surface area (TPSA) is 46.3 Å². The lowest BCUT2D eigenvalue weighted by Crippen LogP contribution is -2.27. The van der Waals surface area contributed by atoms with Gasteiger partial charge in [-0.3, -0.25) is 4.79 Å². The first-order chi connectivity index (χ1) is 9.10. The predicted molar refractivity (Wildman–Crippen MR) is 80.8 cm³/mol. The highest BCUT2D eigenvalue weighted by Gasteiger charge is 2.18. The summed E-state index contributed by atoms with van der Waals surface area (Å²) in [5, 5.41) is 1.99. The number of hydrogen-bond donors (Lipinski definition) is 1. The van der Waals surface area contributed by atoms with Gasteiger partial charge in [-0.15, -0.1) is 0 Å². The van der Waals surface area contributed by atoms with Gasteiger partial charge in [-0.05, 0) is 43.2 Å². The predicted octanol–water partition coefficient (Wildman–Crippen LogP) is 3.09. The highest BCUT2D eigenvalue weighted by atomic mass is 16.1. The van der Waals surface area contributed by atoms with Gasteiger partial charge in [-0.25, -0.2) is 0 Å². The monoisotopic (exact) mass is 256 g/mol. The molecular formula is C16H20N2O. The third-order valence-electron chi connectivity index (χ3n) is 3.54. The summed E-state index contributed by atoms with van der Waals surface area (Å²) in [5.41, 5.74) is 8.33. The molecule has 100 valence electrons. The molecule has 0 aliphatic rings. The second-order valence-electron chi connectivity index (χ2n) is 4.67. The number of fused-ring (bicyclic) bond motifs is 1. The van der Waals surface area contributed by atoms with Gasteiger partial charge in [0.2, 0.25) is 0 Å². The van der Waals surface area contributed by atoms with Crippen LogP contribution in [0.2, 0.25) is 0 Å². The van der Waals surface area contributed by atoms with Gasteiger partial charge < -0.3 is 10.6 Å². The minimum absolute atomic E-state index is 0.359. The van der Waals surface area contributed by atoms with Crippen LogP contribution >= 0.6 is 0 Å². The number of primary amides is 1. The van der Waals surface area contributed by atoms with Crippen molar-refractivity contribution in [1.29, 1.82) is 0 Å². The smallest absolute Gasteiger partial charge is 0.251 e. The van der Waals surface area contributed by atoms with Crippen LogP contribution in [0.3, 0.4) is 0 Å². The number of carbonyl (C=O) groups is 1. The van der Waals surface area contributed by atoms with Gasteiger partial charge in [-0.1, -0.05) is 24.3 Å². The summed E-state index contributed by atoms with van der Waals surface area (Å²) in [4.78, 5) is 14.1. The number of amides is 1. The van der Waals surface area contributed by atoms with E-state index in [4.69, 9.17) is 5.73 Å². The molecule has 2 rings (SSSR count). The van der Waals surface area contributed by atoms with E-state index in [1.807, 2.05) is 31.2 Å². The molecule has 0 fully saturated rings. The molecule has 19 heavy (non-hydrogen) atoms. The Kier molecular flexibility index (Phi) is 3.74. The number of benzene rings is 2. The van der Waals surface area contributed by atoms with E-state index in [9.17, 15) is 4.79 Å². The highest BCUT2D eigenvalue weighted by molar-refractivity contribution is 6.12. The fourth-order valence-electron chi connectivity index (χ4n) is 2.67. The summed E-state index contributed by atoms with van der Waals surface area (Å²) in [5.74, 6) is -0.359. The molecule has 0 bridgehead atoms. The maximum Gasteiger partial charge on any atom is 0.251 e. The summed E-state index contributed by atoms with van der Waals surface area (Å²) in [6.45, 7) is 7.92. The SMILES string of the molecule is CCN(CC)c1c(C)cc2ccccc2c1C(N)=O.